The molecule has 0 aromatic carbocycles. The molecule has 0 saturated carbocycles. The first-order valence-electron chi connectivity index (χ1n) is 5.03. The largest absolute Gasteiger partial charge is 0.400 e. The molecule has 0 unspecified atom stereocenters. The summed E-state index contributed by atoms with van der Waals surface area (Å²) in [5.74, 6) is 0.677. The smallest absolute Gasteiger partial charge is 0.0319 e. The molecule has 0 rings (SSSR count). The van der Waals surface area contributed by atoms with Crippen molar-refractivity contribution in [2.24, 2.45) is 5.92 Å². The fraction of sp³-hybridized carbons (Fsp3) is 0.818. The minimum absolute atomic E-state index is 0. The molecule has 3 N–H and O–H groups in total. The maximum Gasteiger partial charge on any atom is 0.0319 e. The monoisotopic (exact) mass is 207 g/mol. The van der Waals surface area contributed by atoms with E-state index in [1.54, 1.807) is 5.48 Å². The second-order valence-electron chi connectivity index (χ2n) is 3.14. The number of aliphatic hydroxyl groups excluding tert-OH is 1. The summed E-state index contributed by atoms with van der Waals surface area (Å²) in [6, 6.07) is 0. The van der Waals surface area contributed by atoms with Crippen molar-refractivity contribution in [3.8, 4) is 0 Å². The molecule has 90 valence electrons. The second kappa shape index (κ2) is 18.4. The third-order valence-electron chi connectivity index (χ3n) is 1.67. The molecule has 0 aliphatic heterocycles. The first-order chi connectivity index (χ1) is 6.59. The zero-order valence-electron chi connectivity index (χ0n) is 10.3. The molecule has 0 saturated heterocycles. The van der Waals surface area contributed by atoms with Gasteiger partial charge in [-0.05, 0) is 18.8 Å². The predicted molar refractivity (Wildman–Crippen MR) is 64.6 cm³/mol. The lowest BCUT2D eigenvalue weighted by Crippen LogP contribution is -1.91. The number of unbranched alkanes of at least 4 members (excludes halogenated alkanes) is 1. The summed E-state index contributed by atoms with van der Waals surface area (Å²) >= 11 is 0. The van der Waals surface area contributed by atoms with Crippen LogP contribution in [-0.4, -0.2) is 24.5 Å². The molecule has 0 amide bonds. The topological polar surface area (TPSA) is 52.5 Å². The summed E-state index contributed by atoms with van der Waals surface area (Å²) in [5, 5.41) is 14.3. The Morgan fingerprint density at radius 2 is 1.79 bits per heavy atom. The number of hydroxylamine groups is 1. The van der Waals surface area contributed by atoms with E-state index in [2.05, 4.69) is 27.4 Å². The molecule has 14 heavy (non-hydrogen) atoms. The van der Waals surface area contributed by atoms with Gasteiger partial charge >= 0.3 is 0 Å². The van der Waals surface area contributed by atoms with Crippen molar-refractivity contribution < 1.29 is 11.7 Å². The number of hydrogen-bond acceptors (Lipinski definition) is 3. The van der Waals surface area contributed by atoms with Gasteiger partial charge in [0.2, 0.25) is 0 Å². The van der Waals surface area contributed by atoms with Crippen LogP contribution in [0.5, 0.6) is 0 Å². The molecule has 0 fully saturated rings. The maximum atomic E-state index is 7.32. The maximum absolute atomic E-state index is 7.32. The minimum Gasteiger partial charge on any atom is -0.400 e. The van der Waals surface area contributed by atoms with E-state index in [9.17, 15) is 0 Å². The number of nitrogens with one attached hydrogen (secondary N) is 1. The molecule has 0 spiro atoms. The van der Waals surface area contributed by atoms with Gasteiger partial charge in [0.1, 0.15) is 0 Å². The van der Waals surface area contributed by atoms with E-state index < -0.39 is 0 Å². The predicted octanol–water partition coefficient (Wildman–Crippen LogP) is 2.84. The van der Waals surface area contributed by atoms with Gasteiger partial charge in [0.15, 0.2) is 0 Å². The first kappa shape index (κ1) is 19.2. The summed E-state index contributed by atoms with van der Waals surface area (Å²) in [6.07, 6.45) is 3.80. The van der Waals surface area contributed by atoms with Crippen molar-refractivity contribution in [2.75, 3.05) is 14.2 Å². The highest BCUT2D eigenvalue weighted by molar-refractivity contribution is 4.96. The Bertz CT molecular complexity index is 109. The fourth-order valence-corrected chi connectivity index (χ4v) is 0.693. The third-order valence-corrected chi connectivity index (χ3v) is 1.67. The third kappa shape index (κ3) is 22.6. The fourth-order valence-electron chi connectivity index (χ4n) is 0.693. The Balaban J connectivity index is -0.0000000867. The number of rotatable bonds is 4. The molecule has 0 aliphatic rings. The van der Waals surface area contributed by atoms with Crippen molar-refractivity contribution in [3.05, 3.63) is 12.2 Å². The van der Waals surface area contributed by atoms with Crippen LogP contribution in [0.15, 0.2) is 12.2 Å². The van der Waals surface area contributed by atoms with Gasteiger partial charge in [-0.1, -0.05) is 39.3 Å². The Labute approximate surface area is 90.3 Å². The Kier molecular flexibility index (Phi) is 25.3. The van der Waals surface area contributed by atoms with Gasteiger partial charge in [-0.15, -0.1) is 0 Å². The van der Waals surface area contributed by atoms with Gasteiger partial charge in [0.25, 0.3) is 0 Å². The molecule has 0 heterocycles. The van der Waals surface area contributed by atoms with Gasteiger partial charge in [0, 0.05) is 15.6 Å². The molecule has 3 nitrogen and oxygen atoms in total. The van der Waals surface area contributed by atoms with Crippen LogP contribution in [0.3, 0.4) is 0 Å². The minimum atomic E-state index is 0. The summed E-state index contributed by atoms with van der Waals surface area (Å²) in [6.45, 7) is 10.6. The van der Waals surface area contributed by atoms with Crippen LogP contribution < -0.4 is 5.48 Å². The van der Waals surface area contributed by atoms with Crippen LogP contribution in [0, 0.1) is 5.92 Å². The van der Waals surface area contributed by atoms with Gasteiger partial charge in [-0.25, -0.2) is 5.48 Å². The van der Waals surface area contributed by atoms with Crippen LogP contribution in [0.2, 0.25) is 0 Å². The van der Waals surface area contributed by atoms with E-state index in [1.807, 2.05) is 0 Å². The quantitative estimate of drug-likeness (QED) is 0.491. The molecule has 3 heteroatoms. The van der Waals surface area contributed by atoms with Crippen LogP contribution in [0.1, 0.15) is 41.5 Å². The summed E-state index contributed by atoms with van der Waals surface area (Å²) in [7, 11) is 2.43. The van der Waals surface area contributed by atoms with Crippen molar-refractivity contribution in [2.45, 2.75) is 40.0 Å². The average Bonchev–Trinajstić information content (AvgIpc) is 2.18. The lowest BCUT2D eigenvalue weighted by molar-refractivity contribution is 0.194. The standard InChI is InChI=1S/C9H18.CH5NO.CH4O.H2/c1-5-6-7-9(4)8(2)3;1-2-3;1-2;/h8H,4-7H2,1-3H3;2-3H,1H3;2H,1H3;1H. The lowest BCUT2D eigenvalue weighted by Gasteiger charge is -2.06. The summed E-state index contributed by atoms with van der Waals surface area (Å²) in [4.78, 5) is 0. The SMILES string of the molecule is C=C(CCCC)C(C)C.CNO.CO.[HH]. The van der Waals surface area contributed by atoms with Gasteiger partial charge < -0.3 is 10.3 Å². The number of allylic oxidation sites excluding steroid dienone is 1. The van der Waals surface area contributed by atoms with Crippen molar-refractivity contribution in [1.82, 2.24) is 5.48 Å². The molecule has 0 aromatic rings. The highest BCUT2D eigenvalue weighted by Crippen LogP contribution is 2.13. The van der Waals surface area contributed by atoms with Crippen molar-refractivity contribution in [3.63, 3.8) is 0 Å². The van der Waals surface area contributed by atoms with E-state index >= 15 is 0 Å². The molecule has 0 aromatic heterocycles. The van der Waals surface area contributed by atoms with E-state index in [-0.39, 0.29) is 1.43 Å². The second-order valence-corrected chi connectivity index (χ2v) is 3.14. The molecular weight excluding hydrogens is 178 g/mol. The molecular formula is C11H29NO2. The normalized spacial score (nSPS) is 8.29. The van der Waals surface area contributed by atoms with E-state index in [0.717, 1.165) is 7.11 Å². The van der Waals surface area contributed by atoms with Crippen LogP contribution in [-0.2, 0) is 0 Å². The number of hydrogen-bond donors (Lipinski definition) is 3. The summed E-state index contributed by atoms with van der Waals surface area (Å²) in [5.41, 5.74) is 3.15. The van der Waals surface area contributed by atoms with E-state index in [4.69, 9.17) is 10.3 Å². The van der Waals surface area contributed by atoms with Crippen molar-refractivity contribution in [1.29, 1.82) is 0 Å². The summed E-state index contributed by atoms with van der Waals surface area (Å²) < 4.78 is 0. The van der Waals surface area contributed by atoms with Crippen LogP contribution in [0.25, 0.3) is 0 Å². The van der Waals surface area contributed by atoms with Crippen molar-refractivity contribution >= 4 is 0 Å². The molecule has 0 bridgehead atoms. The van der Waals surface area contributed by atoms with E-state index in [0.29, 0.717) is 5.92 Å². The van der Waals surface area contributed by atoms with E-state index in [1.165, 1.54) is 31.9 Å². The Hall–Kier alpha value is -0.380. The lowest BCUT2D eigenvalue weighted by atomic mass is 10.00. The van der Waals surface area contributed by atoms with Gasteiger partial charge in [-0.2, -0.15) is 0 Å². The zero-order chi connectivity index (χ0) is 12.0. The van der Waals surface area contributed by atoms with Gasteiger partial charge in [0.05, 0.1) is 0 Å². The first-order valence-corrected chi connectivity index (χ1v) is 5.03. The highest BCUT2D eigenvalue weighted by atomic mass is 16.5. The zero-order valence-corrected chi connectivity index (χ0v) is 10.3. The van der Waals surface area contributed by atoms with Gasteiger partial charge in [-0.3, -0.25) is 0 Å². The molecule has 0 aliphatic carbocycles. The highest BCUT2D eigenvalue weighted by Gasteiger charge is 1.97. The van der Waals surface area contributed by atoms with Crippen LogP contribution >= 0.6 is 0 Å². The Morgan fingerprint density at radius 1 is 1.43 bits per heavy atom. The average molecular weight is 207 g/mol. The number of aliphatic hydroxyl groups is 1. The molecule has 0 atom stereocenters. The Morgan fingerprint density at radius 3 is 2.00 bits per heavy atom. The molecule has 0 radical (unpaired) electrons. The van der Waals surface area contributed by atoms with Crippen LogP contribution in [0.4, 0.5) is 0 Å².